The fourth-order valence-electron chi connectivity index (χ4n) is 2.04. The Bertz CT molecular complexity index is 667. The molecule has 0 atom stereocenters. The number of hydrogen-bond donors (Lipinski definition) is 0. The molecule has 2 rings (SSSR count). The molecule has 0 fully saturated rings. The van der Waals surface area contributed by atoms with Crippen molar-refractivity contribution in [2.45, 2.75) is 26.7 Å². The number of hydrogen-bond acceptors (Lipinski definition) is 5. The maximum atomic E-state index is 12.4. The van der Waals surface area contributed by atoms with E-state index in [1.807, 2.05) is 6.92 Å². The molecule has 0 unspecified atom stereocenters. The molecule has 0 aliphatic carbocycles. The molecule has 0 aromatic carbocycles. The molecule has 8 nitrogen and oxygen atoms in total. The first-order valence-electron chi connectivity index (χ1n) is 6.85. The Morgan fingerprint density at radius 1 is 1.43 bits per heavy atom. The fourth-order valence-corrected chi connectivity index (χ4v) is 2.04. The van der Waals surface area contributed by atoms with Crippen molar-refractivity contribution in [3.05, 3.63) is 34.3 Å². The van der Waals surface area contributed by atoms with Crippen LogP contribution >= 0.6 is 0 Å². The summed E-state index contributed by atoms with van der Waals surface area (Å²) in [6.45, 7) is 5.27. The first-order chi connectivity index (χ1) is 10.1. The topological polar surface area (TPSA) is 93.6 Å². The van der Waals surface area contributed by atoms with E-state index < -0.39 is 4.92 Å². The molecule has 0 aliphatic rings. The van der Waals surface area contributed by atoms with Crippen molar-refractivity contribution in [2.24, 2.45) is 0 Å². The summed E-state index contributed by atoms with van der Waals surface area (Å²) in [5, 5.41) is 14.7. The molecular formula is C13H17N5O3. The number of rotatable bonds is 6. The lowest BCUT2D eigenvalue weighted by Gasteiger charge is -2.20. The Balaban J connectivity index is 2.30. The van der Waals surface area contributed by atoms with E-state index in [0.29, 0.717) is 18.7 Å². The molecule has 2 aromatic rings. The van der Waals surface area contributed by atoms with Gasteiger partial charge in [0, 0.05) is 25.5 Å². The molecule has 0 saturated carbocycles. The summed E-state index contributed by atoms with van der Waals surface area (Å²) in [4.78, 5) is 28.4. The predicted octanol–water partition coefficient (Wildman–Crippen LogP) is 1.90. The van der Waals surface area contributed by atoms with Crippen molar-refractivity contribution < 1.29 is 9.72 Å². The molecule has 21 heavy (non-hydrogen) atoms. The summed E-state index contributed by atoms with van der Waals surface area (Å²) in [5.74, 6) is -0.140. The van der Waals surface area contributed by atoms with E-state index in [-0.39, 0.29) is 17.2 Å². The van der Waals surface area contributed by atoms with Gasteiger partial charge in [0.15, 0.2) is 0 Å². The minimum Gasteiger partial charge on any atom is -0.339 e. The number of nitrogens with zero attached hydrogens (tertiary/aromatic N) is 5. The van der Waals surface area contributed by atoms with E-state index in [9.17, 15) is 14.9 Å². The normalized spacial score (nSPS) is 10.8. The van der Waals surface area contributed by atoms with E-state index in [1.54, 1.807) is 4.90 Å². The number of unbranched alkanes of at least 4 members (excludes halogenated alkanes) is 1. The van der Waals surface area contributed by atoms with Crippen molar-refractivity contribution in [1.82, 2.24) is 19.5 Å². The van der Waals surface area contributed by atoms with Gasteiger partial charge in [0.25, 0.3) is 5.91 Å². The van der Waals surface area contributed by atoms with Crippen LogP contribution in [0.4, 0.5) is 5.69 Å². The van der Waals surface area contributed by atoms with E-state index in [2.05, 4.69) is 17.0 Å². The molecular weight excluding hydrogens is 274 g/mol. The zero-order valence-corrected chi connectivity index (χ0v) is 12.0. The molecule has 0 N–H and O–H groups in total. The highest BCUT2D eigenvalue weighted by Crippen LogP contribution is 2.17. The fraction of sp³-hybridized carbons (Fsp3) is 0.462. The van der Waals surface area contributed by atoms with Crippen LogP contribution in [0.15, 0.2) is 18.6 Å². The van der Waals surface area contributed by atoms with Crippen molar-refractivity contribution in [1.29, 1.82) is 0 Å². The number of nitro groups is 1. The second-order valence-corrected chi connectivity index (χ2v) is 4.64. The van der Waals surface area contributed by atoms with Crippen LogP contribution in [0.5, 0.6) is 0 Å². The summed E-state index contributed by atoms with van der Waals surface area (Å²) < 4.78 is 1.26. The third-order valence-corrected chi connectivity index (χ3v) is 3.23. The Kier molecular flexibility index (Phi) is 4.46. The van der Waals surface area contributed by atoms with Crippen molar-refractivity contribution >= 4 is 17.2 Å². The Labute approximate surface area is 121 Å². The number of fused-ring (bicyclic) bond motifs is 1. The average Bonchev–Trinajstić information content (AvgIpc) is 2.90. The van der Waals surface area contributed by atoms with Gasteiger partial charge in [-0.3, -0.25) is 14.9 Å². The molecule has 0 radical (unpaired) electrons. The van der Waals surface area contributed by atoms with E-state index in [0.717, 1.165) is 19.0 Å². The third kappa shape index (κ3) is 2.99. The summed E-state index contributed by atoms with van der Waals surface area (Å²) >= 11 is 0. The molecule has 0 spiro atoms. The van der Waals surface area contributed by atoms with Gasteiger partial charge in [-0.25, -0.2) is 9.50 Å². The van der Waals surface area contributed by atoms with Gasteiger partial charge in [0.2, 0.25) is 5.65 Å². The molecule has 8 heteroatoms. The highest BCUT2D eigenvalue weighted by Gasteiger charge is 2.19. The van der Waals surface area contributed by atoms with Crippen LogP contribution in [0, 0.1) is 10.1 Å². The molecule has 2 aromatic heterocycles. The van der Waals surface area contributed by atoms with Crippen LogP contribution in [0.25, 0.3) is 5.65 Å². The minimum atomic E-state index is -0.545. The molecule has 1 amide bonds. The maximum Gasteiger partial charge on any atom is 0.333 e. The Hall–Kier alpha value is -2.51. The number of carbonyl (C=O) groups excluding carboxylic acids is 1. The first kappa shape index (κ1) is 14.9. The van der Waals surface area contributed by atoms with E-state index in [4.69, 9.17) is 0 Å². The van der Waals surface area contributed by atoms with Gasteiger partial charge in [-0.2, -0.15) is 5.10 Å². The predicted molar refractivity (Wildman–Crippen MR) is 76.1 cm³/mol. The quantitative estimate of drug-likeness (QED) is 0.598. The van der Waals surface area contributed by atoms with Crippen molar-refractivity contribution in [3.63, 3.8) is 0 Å². The van der Waals surface area contributed by atoms with E-state index in [1.165, 1.54) is 16.9 Å². The van der Waals surface area contributed by atoms with E-state index >= 15 is 0 Å². The van der Waals surface area contributed by atoms with Crippen LogP contribution in [-0.4, -0.2) is 43.4 Å². The molecule has 0 bridgehead atoms. The summed E-state index contributed by atoms with van der Waals surface area (Å²) in [6.07, 6.45) is 5.91. The average molecular weight is 291 g/mol. The van der Waals surface area contributed by atoms with Crippen LogP contribution in [0.1, 0.15) is 37.0 Å². The standard InChI is InChI=1S/C13H17N5O3/c1-3-5-6-16(4-2)13(19)10-7-14-12-11(18(20)21)8-15-17(12)9-10/h7-9H,3-6H2,1-2H3. The van der Waals surface area contributed by atoms with Crippen molar-refractivity contribution in [2.75, 3.05) is 13.1 Å². The molecule has 0 saturated heterocycles. The van der Waals surface area contributed by atoms with Gasteiger partial charge >= 0.3 is 5.69 Å². The van der Waals surface area contributed by atoms with Gasteiger partial charge in [0.1, 0.15) is 6.20 Å². The zero-order valence-electron chi connectivity index (χ0n) is 12.0. The highest BCUT2D eigenvalue weighted by atomic mass is 16.6. The van der Waals surface area contributed by atoms with Crippen molar-refractivity contribution in [3.8, 4) is 0 Å². The largest absolute Gasteiger partial charge is 0.339 e. The number of carbonyl (C=O) groups is 1. The van der Waals surface area contributed by atoms with Crippen LogP contribution in [0.3, 0.4) is 0 Å². The first-order valence-corrected chi connectivity index (χ1v) is 6.85. The molecule has 112 valence electrons. The summed E-state index contributed by atoms with van der Waals surface area (Å²) in [7, 11) is 0. The second-order valence-electron chi connectivity index (χ2n) is 4.64. The highest BCUT2D eigenvalue weighted by molar-refractivity contribution is 5.93. The van der Waals surface area contributed by atoms with Crippen LogP contribution in [0.2, 0.25) is 0 Å². The van der Waals surface area contributed by atoms with Crippen LogP contribution < -0.4 is 0 Å². The lowest BCUT2D eigenvalue weighted by Crippen LogP contribution is -2.32. The summed E-state index contributed by atoms with van der Waals surface area (Å²) in [5.41, 5.74) is 0.332. The van der Waals surface area contributed by atoms with Gasteiger partial charge in [-0.05, 0) is 13.3 Å². The van der Waals surface area contributed by atoms with Gasteiger partial charge in [0.05, 0.1) is 10.5 Å². The monoisotopic (exact) mass is 291 g/mol. The van der Waals surface area contributed by atoms with Gasteiger partial charge < -0.3 is 4.90 Å². The smallest absolute Gasteiger partial charge is 0.333 e. The third-order valence-electron chi connectivity index (χ3n) is 3.23. The zero-order chi connectivity index (χ0) is 15.4. The lowest BCUT2D eigenvalue weighted by molar-refractivity contribution is -0.383. The lowest BCUT2D eigenvalue weighted by atomic mass is 10.2. The van der Waals surface area contributed by atoms with Gasteiger partial charge in [-0.1, -0.05) is 13.3 Å². The van der Waals surface area contributed by atoms with Gasteiger partial charge in [-0.15, -0.1) is 0 Å². The Morgan fingerprint density at radius 2 is 2.19 bits per heavy atom. The Morgan fingerprint density at radius 3 is 2.81 bits per heavy atom. The molecule has 2 heterocycles. The number of aromatic nitrogens is 3. The number of amides is 1. The maximum absolute atomic E-state index is 12.4. The van der Waals surface area contributed by atoms with Crippen LogP contribution in [-0.2, 0) is 0 Å². The second kappa shape index (κ2) is 6.29. The summed E-state index contributed by atoms with van der Waals surface area (Å²) in [6, 6.07) is 0. The minimum absolute atomic E-state index is 0.133. The SMILES string of the molecule is CCCCN(CC)C(=O)c1cnc2c([N+](=O)[O-])cnn2c1. The molecule has 0 aliphatic heterocycles.